The largest absolute Gasteiger partial charge is 0.365 e. The summed E-state index contributed by atoms with van der Waals surface area (Å²) in [6.45, 7) is 4.34. The summed E-state index contributed by atoms with van der Waals surface area (Å²) in [7, 11) is 0. The molecule has 0 aromatic rings. The van der Waals surface area contributed by atoms with E-state index in [4.69, 9.17) is 0 Å². The molecular weight excluding hydrogens is 212 g/mol. The van der Waals surface area contributed by atoms with E-state index in [0.717, 1.165) is 24.2 Å². The number of amidine groups is 1. The van der Waals surface area contributed by atoms with E-state index in [1.54, 1.807) is 0 Å². The van der Waals surface area contributed by atoms with Crippen molar-refractivity contribution in [1.29, 1.82) is 0 Å². The number of nitrogens with one attached hydrogen (secondary N) is 1. The van der Waals surface area contributed by atoms with E-state index in [9.17, 15) is 0 Å². The van der Waals surface area contributed by atoms with Crippen LogP contribution in [0.25, 0.3) is 0 Å². The topological polar surface area (TPSA) is 24.4 Å². The van der Waals surface area contributed by atoms with Gasteiger partial charge in [-0.15, -0.1) is 0 Å². The fourth-order valence-electron chi connectivity index (χ4n) is 1.23. The van der Waals surface area contributed by atoms with Crippen LogP contribution in [0.2, 0.25) is 0 Å². The van der Waals surface area contributed by atoms with Gasteiger partial charge in [-0.25, -0.2) is 0 Å². The second-order valence-corrected chi connectivity index (χ2v) is 5.68. The Morgan fingerprint density at radius 3 is 3.07 bits per heavy atom. The van der Waals surface area contributed by atoms with Gasteiger partial charge in [0.25, 0.3) is 0 Å². The third-order valence-corrected chi connectivity index (χ3v) is 4.08. The van der Waals surface area contributed by atoms with Crippen LogP contribution < -0.4 is 5.32 Å². The number of hydrogen-bond acceptors (Lipinski definition) is 4. The predicted molar refractivity (Wildman–Crippen MR) is 69.5 cm³/mol. The van der Waals surface area contributed by atoms with Gasteiger partial charge >= 0.3 is 0 Å². The van der Waals surface area contributed by atoms with Gasteiger partial charge in [-0.05, 0) is 30.8 Å². The monoisotopic (exact) mass is 232 g/mol. The molecule has 1 heterocycles. The highest BCUT2D eigenvalue weighted by Crippen LogP contribution is 2.15. The molecule has 0 saturated carbocycles. The zero-order valence-corrected chi connectivity index (χ0v) is 10.7. The molecule has 0 saturated heterocycles. The quantitative estimate of drug-likeness (QED) is 0.737. The zero-order valence-electron chi connectivity index (χ0n) is 9.08. The minimum atomic E-state index is 0.752. The Hall–Kier alpha value is 0.170. The number of aliphatic imine (C=N–C) groups is 1. The lowest BCUT2D eigenvalue weighted by Gasteiger charge is -2.17. The van der Waals surface area contributed by atoms with Crippen LogP contribution in [0.1, 0.15) is 19.8 Å². The van der Waals surface area contributed by atoms with E-state index >= 15 is 0 Å². The molecule has 1 unspecified atom stereocenters. The summed E-state index contributed by atoms with van der Waals surface area (Å²) in [5.41, 5.74) is 0. The summed E-state index contributed by atoms with van der Waals surface area (Å²) < 4.78 is 0. The van der Waals surface area contributed by atoms with Gasteiger partial charge in [0.2, 0.25) is 0 Å². The summed E-state index contributed by atoms with van der Waals surface area (Å²) in [5, 5.41) is 4.56. The molecule has 0 aliphatic carbocycles. The van der Waals surface area contributed by atoms with Gasteiger partial charge in [0.05, 0.1) is 0 Å². The summed E-state index contributed by atoms with van der Waals surface area (Å²) in [5.74, 6) is 3.25. The molecule has 0 amide bonds. The first-order valence-electron chi connectivity index (χ1n) is 5.23. The van der Waals surface area contributed by atoms with Crippen molar-refractivity contribution in [3.05, 3.63) is 0 Å². The molecule has 0 fully saturated rings. The highest BCUT2D eigenvalue weighted by atomic mass is 32.2. The van der Waals surface area contributed by atoms with Gasteiger partial charge in [0.15, 0.2) is 5.17 Å². The molecule has 1 N–H and O–H groups in total. The van der Waals surface area contributed by atoms with Crippen molar-refractivity contribution >= 4 is 28.7 Å². The molecule has 0 aromatic heterocycles. The minimum Gasteiger partial charge on any atom is -0.365 e. The van der Waals surface area contributed by atoms with E-state index in [1.165, 1.54) is 24.3 Å². The first kappa shape index (κ1) is 12.2. The summed E-state index contributed by atoms with van der Waals surface area (Å²) >= 11 is 3.79. The van der Waals surface area contributed by atoms with Gasteiger partial charge in [0, 0.05) is 18.8 Å². The average molecular weight is 232 g/mol. The molecule has 1 aliphatic heterocycles. The van der Waals surface area contributed by atoms with Crippen molar-refractivity contribution in [2.75, 3.05) is 30.9 Å². The van der Waals surface area contributed by atoms with Crippen LogP contribution in [0.5, 0.6) is 0 Å². The standard InChI is InChI=1S/C10H20N2S2/c1-9-7-12-10(14-8-9)11-5-3-4-6-13-2/h9H,3-8H2,1-2H3,(H,11,12). The fourth-order valence-corrected chi connectivity index (χ4v) is 2.64. The maximum atomic E-state index is 4.49. The van der Waals surface area contributed by atoms with Crippen molar-refractivity contribution in [2.24, 2.45) is 10.9 Å². The van der Waals surface area contributed by atoms with E-state index in [-0.39, 0.29) is 0 Å². The maximum Gasteiger partial charge on any atom is 0.156 e. The van der Waals surface area contributed by atoms with Gasteiger partial charge < -0.3 is 5.32 Å². The van der Waals surface area contributed by atoms with Crippen LogP contribution in [0.4, 0.5) is 0 Å². The number of nitrogens with zero attached hydrogens (tertiary/aromatic N) is 1. The SMILES string of the molecule is CSCCCCNC1=NCC(C)CS1. The summed E-state index contributed by atoms with van der Waals surface area (Å²) in [4.78, 5) is 4.49. The molecular formula is C10H20N2S2. The molecule has 0 bridgehead atoms. The Morgan fingerprint density at radius 1 is 1.57 bits per heavy atom. The van der Waals surface area contributed by atoms with Crippen LogP contribution >= 0.6 is 23.5 Å². The number of thioether (sulfide) groups is 2. The predicted octanol–water partition coefficient (Wildman–Crippen LogP) is 2.46. The smallest absolute Gasteiger partial charge is 0.156 e. The molecule has 0 radical (unpaired) electrons. The van der Waals surface area contributed by atoms with Gasteiger partial charge in [-0.2, -0.15) is 11.8 Å². The Morgan fingerprint density at radius 2 is 2.43 bits per heavy atom. The fraction of sp³-hybridized carbons (Fsp3) is 0.900. The Balaban J connectivity index is 2.01. The van der Waals surface area contributed by atoms with E-state index in [2.05, 4.69) is 23.5 Å². The van der Waals surface area contributed by atoms with Crippen molar-refractivity contribution in [3.8, 4) is 0 Å². The Bertz CT molecular complexity index is 183. The number of unbranched alkanes of at least 4 members (excludes halogenated alkanes) is 1. The lowest BCUT2D eigenvalue weighted by Crippen LogP contribution is -2.26. The molecule has 82 valence electrons. The Labute approximate surface area is 95.7 Å². The Kier molecular flexibility index (Phi) is 6.52. The number of hydrogen-bond donors (Lipinski definition) is 1. The lowest BCUT2D eigenvalue weighted by atomic mass is 10.2. The van der Waals surface area contributed by atoms with Crippen molar-refractivity contribution in [1.82, 2.24) is 5.32 Å². The zero-order chi connectivity index (χ0) is 10.2. The highest BCUT2D eigenvalue weighted by molar-refractivity contribution is 8.13. The molecule has 1 atom stereocenters. The normalized spacial score (nSPS) is 21.9. The molecule has 1 aliphatic rings. The third-order valence-electron chi connectivity index (χ3n) is 2.10. The van der Waals surface area contributed by atoms with Crippen LogP contribution in [-0.4, -0.2) is 36.0 Å². The minimum absolute atomic E-state index is 0.752. The van der Waals surface area contributed by atoms with Gasteiger partial charge in [0.1, 0.15) is 0 Å². The van der Waals surface area contributed by atoms with Gasteiger partial charge in [-0.1, -0.05) is 18.7 Å². The van der Waals surface area contributed by atoms with Crippen LogP contribution in [-0.2, 0) is 0 Å². The van der Waals surface area contributed by atoms with Crippen molar-refractivity contribution in [2.45, 2.75) is 19.8 Å². The van der Waals surface area contributed by atoms with Crippen LogP contribution in [0.3, 0.4) is 0 Å². The summed E-state index contributed by atoms with van der Waals surface area (Å²) in [6, 6.07) is 0. The molecule has 2 nitrogen and oxygen atoms in total. The third kappa shape index (κ3) is 5.15. The van der Waals surface area contributed by atoms with Crippen molar-refractivity contribution < 1.29 is 0 Å². The van der Waals surface area contributed by atoms with Crippen molar-refractivity contribution in [3.63, 3.8) is 0 Å². The first-order valence-corrected chi connectivity index (χ1v) is 7.61. The highest BCUT2D eigenvalue weighted by Gasteiger charge is 2.10. The van der Waals surface area contributed by atoms with E-state index < -0.39 is 0 Å². The first-order chi connectivity index (χ1) is 6.83. The second kappa shape index (κ2) is 7.46. The summed E-state index contributed by atoms with van der Waals surface area (Å²) in [6.07, 6.45) is 4.73. The van der Waals surface area contributed by atoms with Gasteiger partial charge in [-0.3, -0.25) is 4.99 Å². The molecule has 0 spiro atoms. The van der Waals surface area contributed by atoms with Crippen LogP contribution in [0.15, 0.2) is 4.99 Å². The molecule has 4 heteroatoms. The van der Waals surface area contributed by atoms with Crippen LogP contribution in [0, 0.1) is 5.92 Å². The molecule has 1 rings (SSSR count). The molecule has 0 aromatic carbocycles. The van der Waals surface area contributed by atoms with E-state index in [1.807, 2.05) is 23.5 Å². The van der Waals surface area contributed by atoms with E-state index in [0.29, 0.717) is 0 Å². The maximum absolute atomic E-state index is 4.49. The second-order valence-electron chi connectivity index (χ2n) is 3.69. The average Bonchev–Trinajstić information content (AvgIpc) is 2.21. The molecule has 14 heavy (non-hydrogen) atoms. The lowest BCUT2D eigenvalue weighted by molar-refractivity contribution is 0.666. The number of rotatable bonds is 5.